The minimum Gasteiger partial charge on any atom is -0.316 e. The maximum Gasteiger partial charge on any atom is 0.0596 e. The van der Waals surface area contributed by atoms with Gasteiger partial charge in [-0.25, -0.2) is 0 Å². The number of rotatable bonds is 7. The molecule has 3 nitrogen and oxygen atoms in total. The molecular weight excluding hydrogens is 234 g/mol. The van der Waals surface area contributed by atoms with E-state index < -0.39 is 0 Å². The van der Waals surface area contributed by atoms with E-state index in [-0.39, 0.29) is 0 Å². The molecular formula is C16H29N3. The lowest BCUT2D eigenvalue weighted by Crippen LogP contribution is -2.35. The van der Waals surface area contributed by atoms with Crippen LogP contribution in [0.5, 0.6) is 0 Å². The summed E-state index contributed by atoms with van der Waals surface area (Å²) in [6.07, 6.45) is 7.95. The summed E-state index contributed by atoms with van der Waals surface area (Å²) in [6, 6.07) is 2.28. The second-order valence-corrected chi connectivity index (χ2v) is 6.15. The van der Waals surface area contributed by atoms with E-state index in [1.807, 2.05) is 0 Å². The van der Waals surface area contributed by atoms with Crippen LogP contribution >= 0.6 is 0 Å². The van der Waals surface area contributed by atoms with Crippen LogP contribution in [0.2, 0.25) is 0 Å². The van der Waals surface area contributed by atoms with Gasteiger partial charge in [0.05, 0.1) is 5.69 Å². The Kier molecular flexibility index (Phi) is 5.03. The van der Waals surface area contributed by atoms with Crippen molar-refractivity contribution in [1.82, 2.24) is 15.1 Å². The molecule has 0 bridgehead atoms. The molecule has 2 rings (SSSR count). The van der Waals surface area contributed by atoms with E-state index in [1.54, 1.807) is 0 Å². The lowest BCUT2D eigenvalue weighted by atomic mass is 9.81. The van der Waals surface area contributed by atoms with Gasteiger partial charge in [0.25, 0.3) is 0 Å². The number of aryl methyl sites for hydroxylation is 2. The first-order chi connectivity index (χ1) is 9.19. The molecule has 0 aromatic carbocycles. The van der Waals surface area contributed by atoms with Crippen LogP contribution < -0.4 is 5.32 Å². The fraction of sp³-hybridized carbons (Fsp3) is 0.812. The van der Waals surface area contributed by atoms with Gasteiger partial charge in [0, 0.05) is 18.8 Å². The molecule has 1 aliphatic carbocycles. The summed E-state index contributed by atoms with van der Waals surface area (Å²) in [4.78, 5) is 0. The zero-order valence-corrected chi connectivity index (χ0v) is 12.8. The molecule has 1 aliphatic rings. The van der Waals surface area contributed by atoms with Crippen molar-refractivity contribution in [3.05, 3.63) is 17.5 Å². The Morgan fingerprint density at radius 3 is 2.68 bits per heavy atom. The zero-order valence-electron chi connectivity index (χ0n) is 12.8. The van der Waals surface area contributed by atoms with Crippen molar-refractivity contribution >= 4 is 0 Å². The Labute approximate surface area is 117 Å². The number of hydrogen-bond donors (Lipinski definition) is 1. The molecule has 0 radical (unpaired) electrons. The van der Waals surface area contributed by atoms with E-state index in [0.717, 1.165) is 18.8 Å². The van der Waals surface area contributed by atoms with Crippen LogP contribution in [0.4, 0.5) is 0 Å². The Bertz CT molecular complexity index is 389. The van der Waals surface area contributed by atoms with E-state index in [9.17, 15) is 0 Å². The van der Waals surface area contributed by atoms with Gasteiger partial charge in [-0.2, -0.15) is 5.10 Å². The topological polar surface area (TPSA) is 29.9 Å². The van der Waals surface area contributed by atoms with Crippen molar-refractivity contribution in [3.63, 3.8) is 0 Å². The van der Waals surface area contributed by atoms with Gasteiger partial charge in [-0.05, 0) is 57.6 Å². The maximum absolute atomic E-state index is 4.60. The summed E-state index contributed by atoms with van der Waals surface area (Å²) in [5.41, 5.74) is 3.07. The van der Waals surface area contributed by atoms with Crippen LogP contribution in [-0.2, 0) is 13.0 Å². The van der Waals surface area contributed by atoms with Crippen LogP contribution in [0.25, 0.3) is 0 Å². The Morgan fingerprint density at radius 2 is 2.05 bits per heavy atom. The predicted octanol–water partition coefficient (Wildman–Crippen LogP) is 3.31. The molecule has 19 heavy (non-hydrogen) atoms. The van der Waals surface area contributed by atoms with Gasteiger partial charge in [-0.3, -0.25) is 4.68 Å². The van der Waals surface area contributed by atoms with Crippen molar-refractivity contribution in [1.29, 1.82) is 0 Å². The first kappa shape index (κ1) is 14.6. The van der Waals surface area contributed by atoms with E-state index >= 15 is 0 Å². The second kappa shape index (κ2) is 6.56. The van der Waals surface area contributed by atoms with Crippen LogP contribution in [0.3, 0.4) is 0 Å². The summed E-state index contributed by atoms with van der Waals surface area (Å²) in [5, 5.41) is 8.25. The normalized spacial score (nSPS) is 18.1. The molecule has 108 valence electrons. The molecule has 0 saturated heterocycles. The van der Waals surface area contributed by atoms with E-state index in [2.05, 4.69) is 41.9 Å². The average molecular weight is 263 g/mol. The van der Waals surface area contributed by atoms with Crippen molar-refractivity contribution in [2.24, 2.45) is 5.41 Å². The zero-order chi connectivity index (χ0) is 13.7. The van der Waals surface area contributed by atoms with Crippen molar-refractivity contribution in [3.8, 4) is 0 Å². The summed E-state index contributed by atoms with van der Waals surface area (Å²) in [5.74, 6) is 0. The fourth-order valence-corrected chi connectivity index (χ4v) is 3.47. The van der Waals surface area contributed by atoms with Gasteiger partial charge < -0.3 is 5.32 Å². The molecule has 1 saturated carbocycles. The largest absolute Gasteiger partial charge is 0.316 e. The third kappa shape index (κ3) is 3.59. The highest BCUT2D eigenvalue weighted by Gasteiger charge is 2.34. The summed E-state index contributed by atoms with van der Waals surface area (Å²) >= 11 is 0. The van der Waals surface area contributed by atoms with Gasteiger partial charge in [-0.1, -0.05) is 19.8 Å². The average Bonchev–Trinajstić information content (AvgIpc) is 2.97. The predicted molar refractivity (Wildman–Crippen MR) is 80.4 cm³/mol. The SMILES string of the molecule is CCCNCC1(Cc2cc(C)nn2CC)CCCC1. The van der Waals surface area contributed by atoms with Crippen molar-refractivity contribution in [2.75, 3.05) is 13.1 Å². The summed E-state index contributed by atoms with van der Waals surface area (Å²) in [6.45, 7) is 9.84. The molecule has 1 aromatic heterocycles. The molecule has 1 heterocycles. The molecule has 0 atom stereocenters. The van der Waals surface area contributed by atoms with Gasteiger partial charge in [0.15, 0.2) is 0 Å². The first-order valence-electron chi connectivity index (χ1n) is 7.93. The highest BCUT2D eigenvalue weighted by Crippen LogP contribution is 2.40. The van der Waals surface area contributed by atoms with E-state index in [0.29, 0.717) is 5.41 Å². The molecule has 0 amide bonds. The number of aromatic nitrogens is 2. The smallest absolute Gasteiger partial charge is 0.0596 e. The van der Waals surface area contributed by atoms with E-state index in [4.69, 9.17) is 0 Å². The molecule has 1 fully saturated rings. The first-order valence-corrected chi connectivity index (χ1v) is 7.93. The van der Waals surface area contributed by atoms with Crippen LogP contribution in [-0.4, -0.2) is 22.9 Å². The summed E-state index contributed by atoms with van der Waals surface area (Å²) < 4.78 is 2.19. The number of nitrogens with one attached hydrogen (secondary N) is 1. The molecule has 0 unspecified atom stereocenters. The lowest BCUT2D eigenvalue weighted by molar-refractivity contribution is 0.271. The fourth-order valence-electron chi connectivity index (χ4n) is 3.47. The standard InChI is InChI=1S/C16H29N3/c1-4-10-17-13-16(8-6-7-9-16)12-15-11-14(3)18-19(15)5-2/h11,17H,4-10,12-13H2,1-3H3. The van der Waals surface area contributed by atoms with Gasteiger partial charge in [0.1, 0.15) is 0 Å². The molecule has 1 aromatic rings. The Hall–Kier alpha value is -0.830. The van der Waals surface area contributed by atoms with Gasteiger partial charge in [-0.15, -0.1) is 0 Å². The lowest BCUT2D eigenvalue weighted by Gasteiger charge is -2.29. The molecule has 0 aliphatic heterocycles. The van der Waals surface area contributed by atoms with E-state index in [1.165, 1.54) is 50.8 Å². The van der Waals surface area contributed by atoms with Gasteiger partial charge >= 0.3 is 0 Å². The molecule has 3 heteroatoms. The third-order valence-electron chi connectivity index (χ3n) is 4.43. The van der Waals surface area contributed by atoms with Crippen molar-refractivity contribution < 1.29 is 0 Å². The number of hydrogen-bond acceptors (Lipinski definition) is 2. The summed E-state index contributed by atoms with van der Waals surface area (Å²) in [7, 11) is 0. The minimum atomic E-state index is 0.481. The Morgan fingerprint density at radius 1 is 1.32 bits per heavy atom. The Balaban J connectivity index is 2.07. The quantitative estimate of drug-likeness (QED) is 0.765. The number of nitrogens with zero attached hydrogens (tertiary/aromatic N) is 2. The van der Waals surface area contributed by atoms with Crippen LogP contribution in [0, 0.1) is 12.3 Å². The molecule has 1 N–H and O–H groups in total. The highest BCUT2D eigenvalue weighted by molar-refractivity contribution is 5.12. The highest BCUT2D eigenvalue weighted by atomic mass is 15.3. The van der Waals surface area contributed by atoms with Crippen molar-refractivity contribution in [2.45, 2.75) is 65.8 Å². The minimum absolute atomic E-state index is 0.481. The maximum atomic E-state index is 4.60. The molecule has 0 spiro atoms. The van der Waals surface area contributed by atoms with Gasteiger partial charge in [0.2, 0.25) is 0 Å². The second-order valence-electron chi connectivity index (χ2n) is 6.15. The monoisotopic (exact) mass is 263 g/mol. The third-order valence-corrected chi connectivity index (χ3v) is 4.43. The van der Waals surface area contributed by atoms with Crippen LogP contribution in [0.1, 0.15) is 57.3 Å². The van der Waals surface area contributed by atoms with Crippen LogP contribution in [0.15, 0.2) is 6.07 Å².